The van der Waals surface area contributed by atoms with Crippen molar-refractivity contribution in [2.75, 3.05) is 6.54 Å². The van der Waals surface area contributed by atoms with E-state index in [9.17, 15) is 9.18 Å². The van der Waals surface area contributed by atoms with Gasteiger partial charge in [0.1, 0.15) is 5.82 Å². The number of carbonyl (C=O) groups excluding carboxylic acids is 1. The van der Waals surface area contributed by atoms with Crippen LogP contribution in [0.1, 0.15) is 24.0 Å². The lowest BCUT2D eigenvalue weighted by molar-refractivity contribution is 0.0727. The number of hydrogen-bond donors (Lipinski definition) is 1. The van der Waals surface area contributed by atoms with Gasteiger partial charge in [-0.25, -0.2) is 4.39 Å². The fourth-order valence-corrected chi connectivity index (χ4v) is 2.43. The van der Waals surface area contributed by atoms with Gasteiger partial charge in [0.2, 0.25) is 0 Å². The first-order valence-corrected chi connectivity index (χ1v) is 6.72. The smallest absolute Gasteiger partial charge is 0.295 e. The van der Waals surface area contributed by atoms with E-state index >= 15 is 0 Å². The number of nitrogens with two attached hydrogens (primary N) is 1. The van der Waals surface area contributed by atoms with Crippen LogP contribution >= 0.6 is 0 Å². The van der Waals surface area contributed by atoms with Gasteiger partial charge in [-0.05, 0) is 31.5 Å². The maximum atomic E-state index is 13.2. The highest BCUT2D eigenvalue weighted by molar-refractivity contribution is 5.91. The zero-order chi connectivity index (χ0) is 15.0. The number of halogens is 1. The summed E-state index contributed by atoms with van der Waals surface area (Å²) in [6.07, 6.45) is 0.751. The Kier molecular flexibility index (Phi) is 3.42. The fraction of sp³-hybridized carbons (Fsp3) is 0.357. The maximum Gasteiger partial charge on any atom is 0.295 e. The van der Waals surface area contributed by atoms with Gasteiger partial charge in [-0.1, -0.05) is 11.2 Å². The van der Waals surface area contributed by atoms with Crippen LogP contribution in [0.5, 0.6) is 0 Å². The number of benzene rings is 1. The van der Waals surface area contributed by atoms with E-state index in [0.717, 1.165) is 6.42 Å². The molecule has 1 aliphatic heterocycles. The average Bonchev–Trinajstić information content (AvgIpc) is 3.07. The number of aromatic nitrogens is 2. The van der Waals surface area contributed by atoms with Gasteiger partial charge in [0, 0.05) is 24.2 Å². The predicted octanol–water partition coefficient (Wildman–Crippen LogP) is 1.44. The molecule has 21 heavy (non-hydrogen) atoms. The van der Waals surface area contributed by atoms with Crippen molar-refractivity contribution < 1.29 is 13.7 Å². The predicted molar refractivity (Wildman–Crippen MR) is 72.8 cm³/mol. The molecule has 7 heteroatoms. The van der Waals surface area contributed by atoms with Crippen LogP contribution in [0.2, 0.25) is 0 Å². The molecule has 0 unspecified atom stereocenters. The molecule has 1 aliphatic rings. The van der Waals surface area contributed by atoms with Crippen LogP contribution in [-0.2, 0) is 0 Å². The molecule has 0 bridgehead atoms. The average molecular weight is 290 g/mol. The van der Waals surface area contributed by atoms with E-state index in [1.807, 2.05) is 6.92 Å². The van der Waals surface area contributed by atoms with Crippen molar-refractivity contribution in [3.05, 3.63) is 35.9 Å². The van der Waals surface area contributed by atoms with Crippen LogP contribution in [0.4, 0.5) is 4.39 Å². The molecule has 110 valence electrons. The fourth-order valence-electron chi connectivity index (χ4n) is 2.43. The molecule has 6 nitrogen and oxygen atoms in total. The lowest BCUT2D eigenvalue weighted by Crippen LogP contribution is -2.40. The standard InChI is InChI=1S/C14H15FN4O2/c1-8-11(16)5-6-19(8)14(20)12-17-13(21-18-12)9-3-2-4-10(15)7-9/h2-4,7-8,11H,5-6,16H2,1H3/t8-,11-/m0/s1. The molecule has 1 aromatic heterocycles. The second kappa shape index (κ2) is 5.25. The van der Waals surface area contributed by atoms with Gasteiger partial charge in [0.15, 0.2) is 0 Å². The number of hydrogen-bond acceptors (Lipinski definition) is 5. The van der Waals surface area contributed by atoms with Crippen LogP contribution in [-0.4, -0.2) is 39.6 Å². The summed E-state index contributed by atoms with van der Waals surface area (Å²) in [7, 11) is 0. The van der Waals surface area contributed by atoms with Gasteiger partial charge in [0.25, 0.3) is 17.6 Å². The Hall–Kier alpha value is -2.28. The second-order valence-electron chi connectivity index (χ2n) is 5.13. The van der Waals surface area contributed by atoms with Crippen LogP contribution < -0.4 is 5.73 Å². The Morgan fingerprint density at radius 3 is 3.00 bits per heavy atom. The van der Waals surface area contributed by atoms with Crippen molar-refractivity contribution in [3.8, 4) is 11.5 Å². The molecule has 0 saturated carbocycles. The van der Waals surface area contributed by atoms with Crippen LogP contribution in [0.3, 0.4) is 0 Å². The summed E-state index contributed by atoms with van der Waals surface area (Å²) in [5.41, 5.74) is 6.34. The number of rotatable bonds is 2. The third kappa shape index (κ3) is 2.52. The van der Waals surface area contributed by atoms with Crippen molar-refractivity contribution in [2.45, 2.75) is 25.4 Å². The summed E-state index contributed by atoms with van der Waals surface area (Å²) in [6.45, 7) is 2.47. The largest absolute Gasteiger partial charge is 0.333 e. The van der Waals surface area contributed by atoms with Gasteiger partial charge >= 0.3 is 0 Å². The molecular weight excluding hydrogens is 275 g/mol. The maximum absolute atomic E-state index is 13.2. The third-order valence-corrected chi connectivity index (χ3v) is 3.76. The van der Waals surface area contributed by atoms with Crippen LogP contribution in [0, 0.1) is 5.82 Å². The quantitative estimate of drug-likeness (QED) is 0.904. The zero-order valence-electron chi connectivity index (χ0n) is 11.5. The van der Waals surface area contributed by atoms with Crippen molar-refractivity contribution in [2.24, 2.45) is 5.73 Å². The molecule has 2 heterocycles. The summed E-state index contributed by atoms with van der Waals surface area (Å²) < 4.78 is 18.2. The molecule has 2 N–H and O–H groups in total. The van der Waals surface area contributed by atoms with Gasteiger partial charge in [-0.15, -0.1) is 0 Å². The monoisotopic (exact) mass is 290 g/mol. The third-order valence-electron chi connectivity index (χ3n) is 3.76. The van der Waals surface area contributed by atoms with E-state index in [1.54, 1.807) is 11.0 Å². The van der Waals surface area contributed by atoms with Crippen molar-refractivity contribution in [1.29, 1.82) is 0 Å². The summed E-state index contributed by atoms with van der Waals surface area (Å²) in [5.74, 6) is -0.635. The summed E-state index contributed by atoms with van der Waals surface area (Å²) in [6, 6.07) is 5.67. The Morgan fingerprint density at radius 2 is 2.33 bits per heavy atom. The molecule has 1 aromatic carbocycles. The number of amides is 1. The lowest BCUT2D eigenvalue weighted by atomic mass is 10.2. The zero-order valence-corrected chi connectivity index (χ0v) is 11.5. The number of nitrogens with zero attached hydrogens (tertiary/aromatic N) is 3. The first-order chi connectivity index (χ1) is 10.1. The first-order valence-electron chi connectivity index (χ1n) is 6.72. The van der Waals surface area contributed by atoms with Crippen molar-refractivity contribution >= 4 is 5.91 Å². The minimum atomic E-state index is -0.405. The molecule has 0 spiro atoms. The van der Waals surface area contributed by atoms with Gasteiger partial charge in [-0.2, -0.15) is 4.98 Å². The van der Waals surface area contributed by atoms with E-state index in [-0.39, 0.29) is 29.7 Å². The minimum Gasteiger partial charge on any atom is -0.333 e. The van der Waals surface area contributed by atoms with E-state index in [1.165, 1.54) is 18.2 Å². The van der Waals surface area contributed by atoms with Crippen molar-refractivity contribution in [3.63, 3.8) is 0 Å². The second-order valence-corrected chi connectivity index (χ2v) is 5.13. The molecule has 2 atom stereocenters. The number of carbonyl (C=O) groups is 1. The highest BCUT2D eigenvalue weighted by atomic mass is 19.1. The highest BCUT2D eigenvalue weighted by Crippen LogP contribution is 2.21. The summed E-state index contributed by atoms with van der Waals surface area (Å²) in [4.78, 5) is 18.0. The van der Waals surface area contributed by atoms with Gasteiger partial charge < -0.3 is 15.2 Å². The topological polar surface area (TPSA) is 85.2 Å². The first kappa shape index (κ1) is 13.7. The summed E-state index contributed by atoms with van der Waals surface area (Å²) in [5, 5.41) is 3.69. The van der Waals surface area contributed by atoms with E-state index in [0.29, 0.717) is 12.1 Å². The SMILES string of the molecule is C[C@H]1[C@@H](N)CCN1C(=O)c1noc(-c2cccc(F)c2)n1. The summed E-state index contributed by atoms with van der Waals surface area (Å²) >= 11 is 0. The Bertz CT molecular complexity index is 672. The van der Waals surface area contributed by atoms with E-state index in [2.05, 4.69) is 10.1 Å². The Balaban J connectivity index is 1.83. The minimum absolute atomic E-state index is 0.0322. The van der Waals surface area contributed by atoms with E-state index < -0.39 is 5.82 Å². The van der Waals surface area contributed by atoms with Gasteiger partial charge in [0.05, 0.1) is 0 Å². The number of likely N-dealkylation sites (tertiary alicyclic amines) is 1. The lowest BCUT2D eigenvalue weighted by Gasteiger charge is -2.21. The molecule has 3 rings (SSSR count). The molecular formula is C14H15FN4O2. The molecule has 1 fully saturated rings. The Morgan fingerprint density at radius 1 is 1.52 bits per heavy atom. The normalized spacial score (nSPS) is 21.8. The molecule has 0 radical (unpaired) electrons. The van der Waals surface area contributed by atoms with Crippen LogP contribution in [0.25, 0.3) is 11.5 Å². The molecule has 1 amide bonds. The molecule has 0 aliphatic carbocycles. The van der Waals surface area contributed by atoms with E-state index in [4.69, 9.17) is 10.3 Å². The molecule has 1 saturated heterocycles. The molecule has 2 aromatic rings. The highest BCUT2D eigenvalue weighted by Gasteiger charge is 2.34. The Labute approximate surface area is 120 Å². The van der Waals surface area contributed by atoms with Crippen LogP contribution in [0.15, 0.2) is 28.8 Å². The van der Waals surface area contributed by atoms with Gasteiger partial charge in [-0.3, -0.25) is 4.79 Å². The van der Waals surface area contributed by atoms with Crippen molar-refractivity contribution in [1.82, 2.24) is 15.0 Å².